The summed E-state index contributed by atoms with van der Waals surface area (Å²) in [6, 6.07) is 13.8. The molecular weight excluding hydrogens is 367 g/mol. The Morgan fingerprint density at radius 1 is 1.19 bits per heavy atom. The number of nitrogens with zero attached hydrogens (tertiary/aromatic N) is 1. The second-order valence-corrected chi connectivity index (χ2v) is 6.52. The Bertz CT molecular complexity index is 763. The number of hydrogen-bond donors (Lipinski definition) is 1. The van der Waals surface area contributed by atoms with Crippen molar-refractivity contribution in [2.45, 2.75) is 33.4 Å². The molecule has 4 nitrogen and oxygen atoms in total. The molecule has 1 heterocycles. The van der Waals surface area contributed by atoms with E-state index in [9.17, 15) is 14.0 Å². The van der Waals surface area contributed by atoms with Crippen LogP contribution in [0.1, 0.15) is 31.4 Å². The van der Waals surface area contributed by atoms with Crippen LogP contribution in [0.15, 0.2) is 48.5 Å². The average Bonchev–Trinajstić information content (AvgIpc) is 3.02. The molecule has 0 spiro atoms. The molecule has 0 aromatic heterocycles. The number of carbonyl (C=O) groups excluding carboxylic acids is 2. The van der Waals surface area contributed by atoms with Crippen LogP contribution in [-0.2, 0) is 22.7 Å². The third-order valence-electron chi connectivity index (χ3n) is 4.22. The molecule has 1 aliphatic heterocycles. The van der Waals surface area contributed by atoms with Crippen LogP contribution in [0, 0.1) is 11.7 Å². The summed E-state index contributed by atoms with van der Waals surface area (Å²) in [5.74, 6) is -1.64. The number of nitrogens with one attached hydrogen (secondary N) is 1. The quantitative estimate of drug-likeness (QED) is 0.779. The zero-order valence-electron chi connectivity index (χ0n) is 15.5. The third kappa shape index (κ3) is 5.79. The van der Waals surface area contributed by atoms with Gasteiger partial charge in [-0.15, -0.1) is 0 Å². The molecule has 1 aliphatic rings. The van der Waals surface area contributed by atoms with Crippen molar-refractivity contribution in [1.82, 2.24) is 10.2 Å². The summed E-state index contributed by atoms with van der Waals surface area (Å²) >= 11 is 5.80. The van der Waals surface area contributed by atoms with Gasteiger partial charge in [-0.3, -0.25) is 9.59 Å². The zero-order chi connectivity index (χ0) is 19.8. The lowest BCUT2D eigenvalue weighted by Gasteiger charge is -2.16. The summed E-state index contributed by atoms with van der Waals surface area (Å²) in [5, 5.41) is 2.97. The van der Waals surface area contributed by atoms with Crippen LogP contribution in [0.5, 0.6) is 0 Å². The maximum atomic E-state index is 13.3. The normalized spacial score (nSPS) is 15.9. The molecule has 3 rings (SSSR count). The van der Waals surface area contributed by atoms with Crippen molar-refractivity contribution in [3.05, 3.63) is 70.5 Å². The standard InChI is InChI=1S/C19H18ClFN2O2.C2H6/c20-15-8-14(9-16(21)10-15)11-22-18(24)17-6-7-23(19(17)25)12-13-4-2-1-3-5-13;1-2/h1-5,8-10,17H,6-7,11-12H2,(H,22,24);1-2H3. The van der Waals surface area contributed by atoms with Gasteiger partial charge in [0.05, 0.1) is 0 Å². The van der Waals surface area contributed by atoms with Gasteiger partial charge >= 0.3 is 0 Å². The van der Waals surface area contributed by atoms with E-state index in [4.69, 9.17) is 11.6 Å². The van der Waals surface area contributed by atoms with Crippen molar-refractivity contribution >= 4 is 23.4 Å². The van der Waals surface area contributed by atoms with Crippen LogP contribution >= 0.6 is 11.6 Å². The highest BCUT2D eigenvalue weighted by Crippen LogP contribution is 2.21. The molecule has 1 unspecified atom stereocenters. The Labute approximate surface area is 164 Å². The first-order valence-electron chi connectivity index (χ1n) is 9.08. The third-order valence-corrected chi connectivity index (χ3v) is 4.44. The van der Waals surface area contributed by atoms with Crippen molar-refractivity contribution < 1.29 is 14.0 Å². The maximum absolute atomic E-state index is 13.3. The van der Waals surface area contributed by atoms with Crippen LogP contribution in [0.2, 0.25) is 5.02 Å². The highest BCUT2D eigenvalue weighted by atomic mass is 35.5. The fourth-order valence-corrected chi connectivity index (χ4v) is 3.21. The second kappa shape index (κ2) is 10.1. The first kappa shape index (κ1) is 20.9. The van der Waals surface area contributed by atoms with E-state index in [0.29, 0.717) is 25.1 Å². The van der Waals surface area contributed by atoms with Gasteiger partial charge in [-0.1, -0.05) is 55.8 Å². The van der Waals surface area contributed by atoms with Gasteiger partial charge in [0.1, 0.15) is 11.7 Å². The van der Waals surface area contributed by atoms with Gasteiger partial charge < -0.3 is 10.2 Å². The van der Waals surface area contributed by atoms with Crippen molar-refractivity contribution in [2.24, 2.45) is 5.92 Å². The smallest absolute Gasteiger partial charge is 0.235 e. The number of amides is 2. The largest absolute Gasteiger partial charge is 0.351 e. The average molecular weight is 391 g/mol. The van der Waals surface area contributed by atoms with Crippen molar-refractivity contribution in [1.29, 1.82) is 0 Å². The molecule has 0 saturated carbocycles. The lowest BCUT2D eigenvalue weighted by atomic mass is 10.1. The maximum Gasteiger partial charge on any atom is 0.235 e. The molecule has 6 heteroatoms. The van der Waals surface area contributed by atoms with Gasteiger partial charge in [0.15, 0.2) is 0 Å². The van der Waals surface area contributed by atoms with E-state index in [1.54, 1.807) is 11.0 Å². The van der Waals surface area contributed by atoms with E-state index in [2.05, 4.69) is 5.32 Å². The topological polar surface area (TPSA) is 49.4 Å². The van der Waals surface area contributed by atoms with Crippen molar-refractivity contribution in [3.63, 3.8) is 0 Å². The van der Waals surface area contributed by atoms with E-state index >= 15 is 0 Å². The molecule has 2 aromatic carbocycles. The summed E-state index contributed by atoms with van der Waals surface area (Å²) in [6.45, 7) is 5.19. The molecule has 1 N–H and O–H groups in total. The summed E-state index contributed by atoms with van der Waals surface area (Å²) in [7, 11) is 0. The summed E-state index contributed by atoms with van der Waals surface area (Å²) in [4.78, 5) is 26.5. The summed E-state index contributed by atoms with van der Waals surface area (Å²) in [5.41, 5.74) is 1.59. The number of halogens is 2. The highest BCUT2D eigenvalue weighted by molar-refractivity contribution is 6.30. The van der Waals surface area contributed by atoms with Crippen LogP contribution in [0.4, 0.5) is 4.39 Å². The molecule has 1 saturated heterocycles. The first-order valence-corrected chi connectivity index (χ1v) is 9.46. The summed E-state index contributed by atoms with van der Waals surface area (Å²) in [6.07, 6.45) is 0.488. The van der Waals surface area contributed by atoms with E-state index < -0.39 is 11.7 Å². The van der Waals surface area contributed by atoms with Gasteiger partial charge in [-0.2, -0.15) is 0 Å². The summed E-state index contributed by atoms with van der Waals surface area (Å²) < 4.78 is 13.3. The van der Waals surface area contributed by atoms with Crippen LogP contribution in [0.3, 0.4) is 0 Å². The van der Waals surface area contributed by atoms with Crippen LogP contribution in [0.25, 0.3) is 0 Å². The minimum atomic E-state index is -0.687. The molecule has 2 amide bonds. The Hall–Kier alpha value is -2.40. The molecule has 144 valence electrons. The van der Waals surface area contributed by atoms with E-state index in [1.165, 1.54) is 12.1 Å². The van der Waals surface area contributed by atoms with Gasteiger partial charge in [-0.05, 0) is 35.7 Å². The Balaban J connectivity index is 0.00000126. The number of carbonyl (C=O) groups is 2. The Morgan fingerprint density at radius 3 is 2.56 bits per heavy atom. The number of rotatable bonds is 5. The first-order chi connectivity index (χ1) is 13.0. The number of hydrogen-bond acceptors (Lipinski definition) is 2. The molecule has 1 atom stereocenters. The van der Waals surface area contributed by atoms with Crippen molar-refractivity contribution in [2.75, 3.05) is 6.54 Å². The molecule has 2 aromatic rings. The van der Waals surface area contributed by atoms with Gasteiger partial charge in [0.2, 0.25) is 11.8 Å². The minimum absolute atomic E-state index is 0.138. The van der Waals surface area contributed by atoms with E-state index in [-0.39, 0.29) is 23.4 Å². The molecule has 0 aliphatic carbocycles. The minimum Gasteiger partial charge on any atom is -0.351 e. The monoisotopic (exact) mass is 390 g/mol. The van der Waals surface area contributed by atoms with E-state index in [0.717, 1.165) is 5.56 Å². The van der Waals surface area contributed by atoms with Crippen molar-refractivity contribution in [3.8, 4) is 0 Å². The lowest BCUT2D eigenvalue weighted by Crippen LogP contribution is -2.36. The van der Waals surface area contributed by atoms with Gasteiger partial charge in [-0.25, -0.2) is 4.39 Å². The lowest BCUT2D eigenvalue weighted by molar-refractivity contribution is -0.138. The Kier molecular flexibility index (Phi) is 7.80. The number of likely N-dealkylation sites (tertiary alicyclic amines) is 1. The number of benzene rings is 2. The molecular formula is C21H24ClFN2O2. The fraction of sp³-hybridized carbons (Fsp3) is 0.333. The van der Waals surface area contributed by atoms with Crippen LogP contribution in [-0.4, -0.2) is 23.3 Å². The molecule has 1 fully saturated rings. The van der Waals surface area contributed by atoms with E-state index in [1.807, 2.05) is 44.2 Å². The van der Waals surface area contributed by atoms with Gasteiger partial charge in [0, 0.05) is 24.7 Å². The second-order valence-electron chi connectivity index (χ2n) is 6.08. The van der Waals surface area contributed by atoms with Crippen LogP contribution < -0.4 is 5.32 Å². The SMILES string of the molecule is CC.O=C(NCc1cc(F)cc(Cl)c1)C1CCN(Cc2ccccc2)C1=O. The Morgan fingerprint density at radius 2 is 1.89 bits per heavy atom. The predicted octanol–water partition coefficient (Wildman–Crippen LogP) is 4.17. The predicted molar refractivity (Wildman–Crippen MR) is 105 cm³/mol. The fourth-order valence-electron chi connectivity index (χ4n) is 2.97. The molecule has 27 heavy (non-hydrogen) atoms. The highest BCUT2D eigenvalue weighted by Gasteiger charge is 2.36. The van der Waals surface area contributed by atoms with Gasteiger partial charge in [0.25, 0.3) is 0 Å². The molecule has 0 radical (unpaired) electrons. The molecule has 0 bridgehead atoms. The zero-order valence-corrected chi connectivity index (χ0v) is 16.3.